The third-order valence-electron chi connectivity index (χ3n) is 1.93. The van der Waals surface area contributed by atoms with Gasteiger partial charge in [-0.25, -0.2) is 0 Å². The predicted molar refractivity (Wildman–Crippen MR) is 68.2 cm³/mol. The van der Waals surface area contributed by atoms with E-state index in [1.54, 1.807) is 0 Å². The van der Waals surface area contributed by atoms with E-state index < -0.39 is 6.29 Å². The van der Waals surface area contributed by atoms with Crippen LogP contribution in [-0.2, 0) is 9.47 Å². The Labute approximate surface area is 109 Å². The average molecular weight is 418 g/mol. The first-order valence-electron chi connectivity index (χ1n) is 4.09. The van der Waals surface area contributed by atoms with Crippen LogP contribution in [0.5, 0.6) is 5.75 Å². The van der Waals surface area contributed by atoms with Gasteiger partial charge in [0.15, 0.2) is 6.29 Å². The molecule has 5 heteroatoms. The zero-order valence-corrected chi connectivity index (χ0v) is 11.5. The highest BCUT2D eigenvalue weighted by molar-refractivity contribution is 14.1. The minimum atomic E-state index is -0.404. The number of aromatic hydroxyl groups is 1. The summed E-state index contributed by atoms with van der Waals surface area (Å²) in [7, 11) is 0. The number of hydrogen-bond acceptors (Lipinski definition) is 3. The van der Waals surface area contributed by atoms with Crippen molar-refractivity contribution in [2.24, 2.45) is 0 Å². The smallest absolute Gasteiger partial charge is 0.187 e. The molecule has 3 nitrogen and oxygen atoms in total. The first-order chi connectivity index (χ1) is 6.68. The van der Waals surface area contributed by atoms with Gasteiger partial charge < -0.3 is 14.6 Å². The van der Waals surface area contributed by atoms with E-state index in [1.165, 1.54) is 0 Å². The van der Waals surface area contributed by atoms with Crippen LogP contribution in [0.1, 0.15) is 11.9 Å². The van der Waals surface area contributed by atoms with Gasteiger partial charge in [0.25, 0.3) is 0 Å². The van der Waals surface area contributed by atoms with Crippen LogP contribution < -0.4 is 0 Å². The molecule has 0 aliphatic carbocycles. The fourth-order valence-electron chi connectivity index (χ4n) is 1.30. The second kappa shape index (κ2) is 4.50. The number of rotatable bonds is 1. The third kappa shape index (κ3) is 2.15. The largest absolute Gasteiger partial charge is 0.506 e. The van der Waals surface area contributed by atoms with Gasteiger partial charge >= 0.3 is 0 Å². The fourth-order valence-corrected chi connectivity index (χ4v) is 3.19. The average Bonchev–Trinajstić information content (AvgIpc) is 2.63. The number of benzene rings is 1. The van der Waals surface area contributed by atoms with Gasteiger partial charge in [-0.1, -0.05) is 0 Å². The molecule has 0 radical (unpaired) electrons. The summed E-state index contributed by atoms with van der Waals surface area (Å²) < 4.78 is 12.6. The Hall–Kier alpha value is 0.400. The van der Waals surface area contributed by atoms with Gasteiger partial charge in [-0.2, -0.15) is 0 Å². The lowest BCUT2D eigenvalue weighted by molar-refractivity contribution is -0.0455. The van der Waals surface area contributed by atoms with Crippen molar-refractivity contribution in [2.45, 2.75) is 6.29 Å². The van der Waals surface area contributed by atoms with Gasteiger partial charge in [0.2, 0.25) is 0 Å². The van der Waals surface area contributed by atoms with Crippen molar-refractivity contribution in [1.82, 2.24) is 0 Å². The molecule has 1 aliphatic heterocycles. The lowest BCUT2D eigenvalue weighted by Gasteiger charge is -2.12. The normalized spacial score (nSPS) is 17.6. The Morgan fingerprint density at radius 2 is 1.86 bits per heavy atom. The second-order valence-electron chi connectivity index (χ2n) is 2.90. The van der Waals surface area contributed by atoms with E-state index >= 15 is 0 Å². The van der Waals surface area contributed by atoms with E-state index in [0.717, 1.165) is 12.7 Å². The molecule has 0 atom stereocenters. The van der Waals surface area contributed by atoms with Crippen LogP contribution in [0.2, 0.25) is 0 Å². The summed E-state index contributed by atoms with van der Waals surface area (Å²) in [6.45, 7) is 1.18. The molecule has 0 amide bonds. The second-order valence-corrected chi connectivity index (χ2v) is 5.31. The van der Waals surface area contributed by atoms with Gasteiger partial charge in [0, 0.05) is 3.57 Å². The summed E-state index contributed by atoms with van der Waals surface area (Å²) in [5.74, 6) is 0.262. The lowest BCUT2D eigenvalue weighted by atomic mass is 10.2. The molecule has 76 valence electrons. The third-order valence-corrected chi connectivity index (χ3v) is 3.38. The van der Waals surface area contributed by atoms with Crippen LogP contribution in [0, 0.1) is 7.14 Å². The van der Waals surface area contributed by atoms with Crippen LogP contribution in [0.3, 0.4) is 0 Å². The van der Waals surface area contributed by atoms with E-state index in [1.807, 2.05) is 12.1 Å². The first kappa shape index (κ1) is 10.9. The number of halogens is 2. The summed E-state index contributed by atoms with van der Waals surface area (Å²) >= 11 is 4.30. The van der Waals surface area contributed by atoms with Crippen molar-refractivity contribution in [3.05, 3.63) is 24.8 Å². The van der Waals surface area contributed by atoms with Crippen molar-refractivity contribution in [3.8, 4) is 5.75 Å². The Morgan fingerprint density at radius 1 is 1.21 bits per heavy atom. The Morgan fingerprint density at radius 3 is 2.50 bits per heavy atom. The SMILES string of the molecule is Oc1c(I)cc(I)cc1C1OCCO1. The Balaban J connectivity index is 2.40. The fraction of sp³-hybridized carbons (Fsp3) is 0.333. The van der Waals surface area contributed by atoms with E-state index in [9.17, 15) is 5.11 Å². The highest BCUT2D eigenvalue weighted by Gasteiger charge is 2.23. The first-order valence-corrected chi connectivity index (χ1v) is 6.25. The van der Waals surface area contributed by atoms with Crippen LogP contribution in [-0.4, -0.2) is 18.3 Å². The van der Waals surface area contributed by atoms with E-state index in [-0.39, 0.29) is 5.75 Å². The maximum atomic E-state index is 9.81. The molecule has 1 aliphatic rings. The number of ether oxygens (including phenoxy) is 2. The summed E-state index contributed by atoms with van der Waals surface area (Å²) in [4.78, 5) is 0. The Kier molecular flexibility index (Phi) is 3.50. The predicted octanol–water partition coefficient (Wildman–Crippen LogP) is 2.65. The van der Waals surface area contributed by atoms with Crippen molar-refractivity contribution >= 4 is 45.2 Å². The summed E-state index contributed by atoms with van der Waals surface area (Å²) in [5.41, 5.74) is 0.721. The van der Waals surface area contributed by atoms with E-state index in [0.29, 0.717) is 13.2 Å². The van der Waals surface area contributed by atoms with Crippen LogP contribution in [0.15, 0.2) is 12.1 Å². The molecule has 2 rings (SSSR count). The van der Waals surface area contributed by atoms with Gasteiger partial charge in [-0.15, -0.1) is 0 Å². The molecule has 1 N–H and O–H groups in total. The van der Waals surface area contributed by atoms with Crippen molar-refractivity contribution in [3.63, 3.8) is 0 Å². The summed E-state index contributed by atoms with van der Waals surface area (Å²) in [5, 5.41) is 9.81. The lowest BCUT2D eigenvalue weighted by Crippen LogP contribution is -2.00. The monoisotopic (exact) mass is 418 g/mol. The number of phenols is 1. The van der Waals surface area contributed by atoms with Crippen LogP contribution in [0.4, 0.5) is 0 Å². The minimum absolute atomic E-state index is 0.262. The molecule has 14 heavy (non-hydrogen) atoms. The molecule has 1 saturated heterocycles. The minimum Gasteiger partial charge on any atom is -0.506 e. The van der Waals surface area contributed by atoms with Crippen LogP contribution >= 0.6 is 45.2 Å². The zero-order chi connectivity index (χ0) is 10.1. The Bertz CT molecular complexity index is 348. The molecule has 0 bridgehead atoms. The zero-order valence-electron chi connectivity index (χ0n) is 7.17. The van der Waals surface area contributed by atoms with Gasteiger partial charge in [0.1, 0.15) is 5.75 Å². The van der Waals surface area contributed by atoms with Gasteiger partial charge in [-0.05, 0) is 57.3 Å². The van der Waals surface area contributed by atoms with Crippen molar-refractivity contribution in [2.75, 3.05) is 13.2 Å². The van der Waals surface area contributed by atoms with Crippen LogP contribution in [0.25, 0.3) is 0 Å². The van der Waals surface area contributed by atoms with Gasteiger partial charge in [0.05, 0.1) is 22.3 Å². The molecule has 1 fully saturated rings. The van der Waals surface area contributed by atoms with Crippen molar-refractivity contribution < 1.29 is 14.6 Å². The van der Waals surface area contributed by atoms with E-state index in [2.05, 4.69) is 45.2 Å². The van der Waals surface area contributed by atoms with Gasteiger partial charge in [-0.3, -0.25) is 0 Å². The molecule has 0 saturated carbocycles. The maximum absolute atomic E-state index is 9.81. The molecule has 1 aromatic rings. The highest BCUT2D eigenvalue weighted by Crippen LogP contribution is 2.35. The van der Waals surface area contributed by atoms with E-state index in [4.69, 9.17) is 9.47 Å². The number of hydrogen-bond donors (Lipinski definition) is 1. The highest BCUT2D eigenvalue weighted by atomic mass is 127. The molecule has 1 aromatic carbocycles. The quantitative estimate of drug-likeness (QED) is 0.714. The molecular formula is C9H8I2O3. The molecule has 0 unspecified atom stereocenters. The standard InChI is InChI=1S/C9H8I2O3/c10-5-3-6(8(12)7(11)4-5)9-13-1-2-14-9/h3-4,9,12H,1-2H2. The molecule has 1 heterocycles. The maximum Gasteiger partial charge on any atom is 0.187 e. The summed E-state index contributed by atoms with van der Waals surface area (Å²) in [6.07, 6.45) is -0.404. The number of phenolic OH excluding ortho intramolecular Hbond substituents is 1. The topological polar surface area (TPSA) is 38.7 Å². The molecule has 0 aromatic heterocycles. The van der Waals surface area contributed by atoms with Crippen molar-refractivity contribution in [1.29, 1.82) is 0 Å². The molecule has 0 spiro atoms. The molecular weight excluding hydrogens is 410 g/mol. The summed E-state index contributed by atoms with van der Waals surface area (Å²) in [6, 6.07) is 3.79.